The van der Waals surface area contributed by atoms with Crippen LogP contribution in [-0.4, -0.2) is 10.2 Å². The SMILES string of the molecule is C=C(O)c1ccc2cc(CO)ccc2c1. The molecule has 0 saturated heterocycles. The molecular formula is C13H12O2. The molecule has 0 bridgehead atoms. The molecular weight excluding hydrogens is 188 g/mol. The van der Waals surface area contributed by atoms with Crippen molar-refractivity contribution in [2.45, 2.75) is 6.61 Å². The number of aliphatic hydroxyl groups is 2. The van der Waals surface area contributed by atoms with E-state index in [1.165, 1.54) is 0 Å². The number of hydrogen-bond acceptors (Lipinski definition) is 2. The van der Waals surface area contributed by atoms with E-state index in [-0.39, 0.29) is 12.4 Å². The zero-order valence-corrected chi connectivity index (χ0v) is 8.27. The van der Waals surface area contributed by atoms with Crippen LogP contribution in [0.1, 0.15) is 11.1 Å². The van der Waals surface area contributed by atoms with Crippen LogP contribution in [0.15, 0.2) is 43.0 Å². The third kappa shape index (κ3) is 1.85. The van der Waals surface area contributed by atoms with Crippen LogP contribution in [0.3, 0.4) is 0 Å². The summed E-state index contributed by atoms with van der Waals surface area (Å²) in [4.78, 5) is 0. The predicted molar refractivity (Wildman–Crippen MR) is 61.5 cm³/mol. The largest absolute Gasteiger partial charge is 0.508 e. The second-order valence-corrected chi connectivity index (χ2v) is 3.50. The van der Waals surface area contributed by atoms with Crippen molar-refractivity contribution in [3.63, 3.8) is 0 Å². The third-order valence-corrected chi connectivity index (χ3v) is 2.42. The van der Waals surface area contributed by atoms with Crippen LogP contribution in [-0.2, 0) is 6.61 Å². The average Bonchev–Trinajstić information content (AvgIpc) is 2.27. The third-order valence-electron chi connectivity index (χ3n) is 2.42. The van der Waals surface area contributed by atoms with Gasteiger partial charge in [-0.05, 0) is 28.5 Å². The Kier molecular flexibility index (Phi) is 2.44. The van der Waals surface area contributed by atoms with Gasteiger partial charge in [0, 0.05) is 5.56 Å². The molecule has 76 valence electrons. The van der Waals surface area contributed by atoms with Crippen molar-refractivity contribution in [3.8, 4) is 0 Å². The standard InChI is InChI=1S/C13H12O2/c1-9(15)11-4-5-12-6-10(8-14)2-3-13(12)7-11/h2-7,14-15H,1,8H2. The average molecular weight is 200 g/mol. The molecule has 0 aliphatic carbocycles. The maximum absolute atomic E-state index is 9.25. The van der Waals surface area contributed by atoms with Crippen LogP contribution >= 0.6 is 0 Å². The van der Waals surface area contributed by atoms with Gasteiger partial charge in [0.15, 0.2) is 0 Å². The fourth-order valence-corrected chi connectivity index (χ4v) is 1.57. The Morgan fingerprint density at radius 3 is 2.40 bits per heavy atom. The van der Waals surface area contributed by atoms with E-state index in [1.54, 1.807) is 0 Å². The molecule has 0 heterocycles. The van der Waals surface area contributed by atoms with E-state index in [4.69, 9.17) is 5.11 Å². The van der Waals surface area contributed by atoms with Gasteiger partial charge in [-0.25, -0.2) is 0 Å². The molecule has 0 aliphatic rings. The summed E-state index contributed by atoms with van der Waals surface area (Å²) in [7, 11) is 0. The maximum atomic E-state index is 9.25. The monoisotopic (exact) mass is 200 g/mol. The van der Waals surface area contributed by atoms with Crippen molar-refractivity contribution >= 4 is 16.5 Å². The fourth-order valence-electron chi connectivity index (χ4n) is 1.57. The molecule has 0 saturated carbocycles. The van der Waals surface area contributed by atoms with Crippen LogP contribution in [0.4, 0.5) is 0 Å². The molecule has 2 aromatic carbocycles. The topological polar surface area (TPSA) is 40.5 Å². The minimum Gasteiger partial charge on any atom is -0.508 e. The Morgan fingerprint density at radius 2 is 1.73 bits per heavy atom. The van der Waals surface area contributed by atoms with Gasteiger partial charge in [0.25, 0.3) is 0 Å². The lowest BCUT2D eigenvalue weighted by atomic mass is 10.0. The zero-order valence-electron chi connectivity index (χ0n) is 8.27. The number of rotatable bonds is 2. The number of aliphatic hydroxyl groups excluding tert-OH is 2. The molecule has 0 fully saturated rings. The smallest absolute Gasteiger partial charge is 0.115 e. The summed E-state index contributed by atoms with van der Waals surface area (Å²) in [5.41, 5.74) is 1.61. The first kappa shape index (κ1) is 9.74. The van der Waals surface area contributed by atoms with Crippen molar-refractivity contribution in [2.24, 2.45) is 0 Å². The summed E-state index contributed by atoms with van der Waals surface area (Å²) in [6.07, 6.45) is 0. The predicted octanol–water partition coefficient (Wildman–Crippen LogP) is 2.86. The molecule has 2 heteroatoms. The molecule has 0 spiro atoms. The molecule has 2 aromatic rings. The highest BCUT2D eigenvalue weighted by molar-refractivity contribution is 5.85. The highest BCUT2D eigenvalue weighted by atomic mass is 16.3. The van der Waals surface area contributed by atoms with Crippen LogP contribution in [0, 0.1) is 0 Å². The van der Waals surface area contributed by atoms with E-state index in [0.717, 1.165) is 21.9 Å². The van der Waals surface area contributed by atoms with Gasteiger partial charge in [0.05, 0.1) is 6.61 Å². The van der Waals surface area contributed by atoms with Crippen LogP contribution in [0.5, 0.6) is 0 Å². The quantitative estimate of drug-likeness (QED) is 0.732. The molecule has 2 rings (SSSR count). The Morgan fingerprint density at radius 1 is 1.07 bits per heavy atom. The molecule has 2 nitrogen and oxygen atoms in total. The van der Waals surface area contributed by atoms with E-state index in [9.17, 15) is 5.11 Å². The molecule has 15 heavy (non-hydrogen) atoms. The maximum Gasteiger partial charge on any atom is 0.115 e. The molecule has 0 radical (unpaired) electrons. The first-order chi connectivity index (χ1) is 7.20. The number of hydrogen-bond donors (Lipinski definition) is 2. The van der Waals surface area contributed by atoms with Crippen LogP contribution < -0.4 is 0 Å². The van der Waals surface area contributed by atoms with Crippen LogP contribution in [0.2, 0.25) is 0 Å². The minimum atomic E-state index is 0.0460. The minimum absolute atomic E-state index is 0.0460. The first-order valence-electron chi connectivity index (χ1n) is 4.72. The van der Waals surface area contributed by atoms with E-state index in [2.05, 4.69) is 6.58 Å². The van der Waals surface area contributed by atoms with Gasteiger partial charge in [-0.3, -0.25) is 0 Å². The summed E-state index contributed by atoms with van der Waals surface area (Å²) < 4.78 is 0. The summed E-state index contributed by atoms with van der Waals surface area (Å²) in [6, 6.07) is 11.3. The molecule has 2 N–H and O–H groups in total. The zero-order chi connectivity index (χ0) is 10.8. The summed E-state index contributed by atoms with van der Waals surface area (Å²) in [6.45, 7) is 3.53. The van der Waals surface area contributed by atoms with Gasteiger partial charge in [-0.2, -0.15) is 0 Å². The van der Waals surface area contributed by atoms with Crippen molar-refractivity contribution in [2.75, 3.05) is 0 Å². The van der Waals surface area contributed by atoms with Crippen molar-refractivity contribution in [1.82, 2.24) is 0 Å². The summed E-state index contributed by atoms with van der Waals surface area (Å²) in [5, 5.41) is 20.3. The second kappa shape index (κ2) is 3.75. The van der Waals surface area contributed by atoms with Gasteiger partial charge in [-0.15, -0.1) is 0 Å². The molecule has 0 atom stereocenters. The molecule has 0 amide bonds. The van der Waals surface area contributed by atoms with Gasteiger partial charge in [0.2, 0.25) is 0 Å². The lowest BCUT2D eigenvalue weighted by Crippen LogP contribution is -1.85. The lowest BCUT2D eigenvalue weighted by Gasteiger charge is -2.03. The number of fused-ring (bicyclic) bond motifs is 1. The van der Waals surface area contributed by atoms with Gasteiger partial charge in [-0.1, -0.05) is 30.8 Å². The Hall–Kier alpha value is -1.80. The van der Waals surface area contributed by atoms with Crippen molar-refractivity contribution in [3.05, 3.63) is 54.1 Å². The Bertz CT molecular complexity index is 515. The van der Waals surface area contributed by atoms with Gasteiger partial charge in [0.1, 0.15) is 5.76 Å². The molecule has 0 aliphatic heterocycles. The van der Waals surface area contributed by atoms with E-state index in [1.807, 2.05) is 36.4 Å². The van der Waals surface area contributed by atoms with Crippen molar-refractivity contribution < 1.29 is 10.2 Å². The van der Waals surface area contributed by atoms with Crippen LogP contribution in [0.25, 0.3) is 16.5 Å². The normalized spacial score (nSPS) is 10.5. The Balaban J connectivity index is 2.59. The Labute approximate surface area is 88.1 Å². The fraction of sp³-hybridized carbons (Fsp3) is 0.0769. The summed E-state index contributed by atoms with van der Waals surface area (Å²) >= 11 is 0. The summed E-state index contributed by atoms with van der Waals surface area (Å²) in [5.74, 6) is 0.0723. The highest BCUT2D eigenvalue weighted by Gasteiger charge is 1.99. The second-order valence-electron chi connectivity index (χ2n) is 3.50. The van der Waals surface area contributed by atoms with Gasteiger partial charge >= 0.3 is 0 Å². The van der Waals surface area contributed by atoms with Gasteiger partial charge < -0.3 is 10.2 Å². The van der Waals surface area contributed by atoms with E-state index >= 15 is 0 Å². The highest BCUT2D eigenvalue weighted by Crippen LogP contribution is 2.20. The van der Waals surface area contributed by atoms with Crippen molar-refractivity contribution in [1.29, 1.82) is 0 Å². The van der Waals surface area contributed by atoms with E-state index in [0.29, 0.717) is 0 Å². The number of benzene rings is 2. The molecule has 0 aromatic heterocycles. The lowest BCUT2D eigenvalue weighted by molar-refractivity contribution is 0.282. The first-order valence-corrected chi connectivity index (χ1v) is 4.72. The molecule has 0 unspecified atom stereocenters. The van der Waals surface area contributed by atoms with E-state index < -0.39 is 0 Å².